The van der Waals surface area contributed by atoms with Crippen LogP contribution in [-0.2, 0) is 0 Å². The maximum Gasteiger partial charge on any atom is 0.329 e. The lowest BCUT2D eigenvalue weighted by molar-refractivity contribution is 1.31. The van der Waals surface area contributed by atoms with Gasteiger partial charge in [-0.2, -0.15) is 0 Å². The van der Waals surface area contributed by atoms with E-state index in [1.165, 1.54) is 87.7 Å². The van der Waals surface area contributed by atoms with Gasteiger partial charge in [-0.3, -0.25) is 0 Å². The smallest absolute Gasteiger partial charge is 0.329 e. The van der Waals surface area contributed by atoms with E-state index >= 15 is 0 Å². The highest BCUT2D eigenvalue weighted by atomic mass is 14.9. The molecule has 9 rings (SSSR count). The van der Waals surface area contributed by atoms with Crippen molar-refractivity contribution in [3.05, 3.63) is 145 Å². The highest BCUT2D eigenvalue weighted by Crippen LogP contribution is 2.43. The molecule has 0 aliphatic carbocycles. The quantitative estimate of drug-likeness (QED) is 0.196. The molecule has 7 aromatic carbocycles. The Morgan fingerprint density at radius 2 is 1.17 bits per heavy atom. The number of hydrogen-bond donors (Lipinski definition) is 0. The first kappa shape index (κ1) is 23.6. The number of fused-ring (bicyclic) bond motifs is 9. The zero-order valence-electron chi connectivity index (χ0n) is 23.7. The third-order valence-corrected chi connectivity index (χ3v) is 9.47. The van der Waals surface area contributed by atoms with Crippen LogP contribution in [0.15, 0.2) is 133 Å². The molecule has 0 fully saturated rings. The van der Waals surface area contributed by atoms with Crippen molar-refractivity contribution in [1.29, 1.82) is 0 Å². The molecule has 2 heteroatoms. The summed E-state index contributed by atoms with van der Waals surface area (Å²) in [6, 6.07) is 49.5. The normalized spacial score (nSPS) is 12.5. The van der Waals surface area contributed by atoms with E-state index in [0.29, 0.717) is 0 Å². The molecule has 0 atom stereocenters. The van der Waals surface area contributed by atoms with Crippen molar-refractivity contribution < 1.29 is 0 Å². The van der Waals surface area contributed by atoms with Gasteiger partial charge in [0.25, 0.3) is 0 Å². The summed E-state index contributed by atoms with van der Waals surface area (Å²) in [5.41, 5.74) is 13.3. The monoisotopic (exact) mass is 533 g/mol. The molecule has 1 aromatic heterocycles. The lowest BCUT2D eigenvalue weighted by Crippen LogP contribution is -2.53. The molecular formula is C40H28BN. The fraction of sp³-hybridized carbons (Fsp3) is 0.0500. The predicted octanol–water partition coefficient (Wildman–Crippen LogP) is 9.02. The first-order valence-electron chi connectivity index (χ1n) is 14.8. The third kappa shape index (κ3) is 3.15. The first-order chi connectivity index (χ1) is 20.7. The van der Waals surface area contributed by atoms with Crippen molar-refractivity contribution in [2.45, 2.75) is 13.8 Å². The van der Waals surface area contributed by atoms with E-state index in [2.05, 4.69) is 152 Å². The van der Waals surface area contributed by atoms with E-state index in [-0.39, 0.29) is 6.85 Å². The summed E-state index contributed by atoms with van der Waals surface area (Å²) >= 11 is 0. The minimum absolute atomic E-state index is 0.0606. The Morgan fingerprint density at radius 3 is 1.95 bits per heavy atom. The number of para-hydroxylation sites is 1. The Morgan fingerprint density at radius 1 is 0.524 bits per heavy atom. The largest absolute Gasteiger partial charge is 0.375 e. The lowest BCUT2D eigenvalue weighted by Gasteiger charge is -2.30. The number of hydrogen-bond acceptors (Lipinski definition) is 0. The van der Waals surface area contributed by atoms with Gasteiger partial charge in [-0.25, -0.2) is 0 Å². The lowest BCUT2D eigenvalue weighted by atomic mass is 9.45. The number of benzene rings is 7. The molecule has 0 N–H and O–H groups in total. The minimum atomic E-state index is 0.0606. The van der Waals surface area contributed by atoms with Crippen LogP contribution in [-0.4, -0.2) is 11.3 Å². The predicted molar refractivity (Wildman–Crippen MR) is 182 cm³/mol. The van der Waals surface area contributed by atoms with Crippen molar-refractivity contribution >= 4 is 61.1 Å². The van der Waals surface area contributed by atoms with Crippen LogP contribution < -0.4 is 10.9 Å². The van der Waals surface area contributed by atoms with Crippen molar-refractivity contribution in [3.63, 3.8) is 0 Å². The maximum atomic E-state index is 2.65. The van der Waals surface area contributed by atoms with Gasteiger partial charge in [0.15, 0.2) is 0 Å². The molecule has 8 aromatic rings. The van der Waals surface area contributed by atoms with Crippen LogP contribution in [0.3, 0.4) is 0 Å². The van der Waals surface area contributed by atoms with Crippen LogP contribution in [0.4, 0.5) is 0 Å². The summed E-state index contributed by atoms with van der Waals surface area (Å²) in [5, 5.41) is 7.90. The van der Waals surface area contributed by atoms with E-state index in [0.717, 1.165) is 0 Å². The van der Waals surface area contributed by atoms with Crippen LogP contribution in [0.1, 0.15) is 11.1 Å². The number of nitrogens with zero attached hydrogens (tertiary/aromatic N) is 1. The average molecular weight is 533 g/mol. The molecule has 0 spiro atoms. The molecule has 1 aliphatic rings. The third-order valence-electron chi connectivity index (χ3n) is 9.47. The van der Waals surface area contributed by atoms with Crippen LogP contribution in [0, 0.1) is 13.8 Å². The second-order valence-electron chi connectivity index (χ2n) is 11.8. The van der Waals surface area contributed by atoms with E-state index in [1.54, 1.807) is 0 Å². The standard InChI is InChI=1S/C40H28BN/c1-25-23-30(27-11-4-3-5-12-27)24-26(2)39(25)41-35-21-19-28-13-6-8-15-31(28)37(35)33-17-10-18-34-38-32-16-9-7-14-29(32)20-22-36(38)42(41)40(33)34/h3-24H,1-2H3. The van der Waals surface area contributed by atoms with Crippen molar-refractivity contribution in [1.82, 2.24) is 4.48 Å². The Balaban J connectivity index is 1.46. The molecule has 0 amide bonds. The fourth-order valence-electron chi connectivity index (χ4n) is 7.78. The molecule has 0 radical (unpaired) electrons. The zero-order chi connectivity index (χ0) is 27.9. The summed E-state index contributed by atoms with van der Waals surface area (Å²) < 4.78 is 2.65. The number of aryl methyl sites for hydroxylation is 2. The Labute approximate surface area is 245 Å². The molecule has 2 heterocycles. The van der Waals surface area contributed by atoms with Gasteiger partial charge in [-0.05, 0) is 69.1 Å². The Hall–Kier alpha value is -5.08. The van der Waals surface area contributed by atoms with Crippen LogP contribution in [0.2, 0.25) is 0 Å². The van der Waals surface area contributed by atoms with Gasteiger partial charge in [-0.15, -0.1) is 0 Å². The number of aromatic nitrogens is 1. The summed E-state index contributed by atoms with van der Waals surface area (Å²) in [7, 11) is 0. The molecule has 196 valence electrons. The van der Waals surface area contributed by atoms with Gasteiger partial charge in [0.05, 0.1) is 0 Å². The summed E-state index contributed by atoms with van der Waals surface area (Å²) in [5.74, 6) is 0. The minimum Gasteiger partial charge on any atom is -0.375 e. The van der Waals surface area contributed by atoms with Crippen molar-refractivity contribution in [3.8, 4) is 22.3 Å². The average Bonchev–Trinajstić information content (AvgIpc) is 3.38. The molecule has 42 heavy (non-hydrogen) atoms. The van der Waals surface area contributed by atoms with Crippen molar-refractivity contribution in [2.75, 3.05) is 0 Å². The molecule has 0 saturated heterocycles. The summed E-state index contributed by atoms with van der Waals surface area (Å²) in [6.45, 7) is 4.66. The number of rotatable bonds is 2. The second kappa shape index (κ2) is 8.71. The van der Waals surface area contributed by atoms with Gasteiger partial charge in [0.1, 0.15) is 0 Å². The van der Waals surface area contributed by atoms with Gasteiger partial charge in [-0.1, -0.05) is 139 Å². The topological polar surface area (TPSA) is 4.93 Å². The maximum absolute atomic E-state index is 2.65. The van der Waals surface area contributed by atoms with E-state index in [1.807, 2.05) is 0 Å². The van der Waals surface area contributed by atoms with E-state index in [4.69, 9.17) is 0 Å². The molecular weight excluding hydrogens is 505 g/mol. The highest BCUT2D eigenvalue weighted by molar-refractivity contribution is 6.88. The molecule has 1 nitrogen and oxygen atoms in total. The van der Waals surface area contributed by atoms with E-state index in [9.17, 15) is 0 Å². The molecule has 1 aliphatic heterocycles. The van der Waals surface area contributed by atoms with Crippen molar-refractivity contribution in [2.24, 2.45) is 0 Å². The second-order valence-corrected chi connectivity index (χ2v) is 11.8. The van der Waals surface area contributed by atoms with Gasteiger partial charge in [0.2, 0.25) is 0 Å². The zero-order valence-corrected chi connectivity index (χ0v) is 23.7. The molecule has 0 unspecified atom stereocenters. The SMILES string of the molecule is Cc1cc(-c2ccccc2)cc(C)c1B1c2ccc3ccccc3c2-c2cccc3c4c5ccccc5ccc4n1c23. The Kier molecular flexibility index (Phi) is 4.90. The first-order valence-corrected chi connectivity index (χ1v) is 14.8. The summed E-state index contributed by atoms with van der Waals surface area (Å²) in [6.07, 6.45) is 0. The Bertz CT molecular complexity index is 2360. The van der Waals surface area contributed by atoms with E-state index < -0.39 is 0 Å². The van der Waals surface area contributed by atoms with Gasteiger partial charge < -0.3 is 4.48 Å². The molecule has 0 bridgehead atoms. The van der Waals surface area contributed by atoms with Gasteiger partial charge >= 0.3 is 6.85 Å². The van der Waals surface area contributed by atoms with Crippen LogP contribution >= 0.6 is 0 Å². The molecule has 0 saturated carbocycles. The van der Waals surface area contributed by atoms with Crippen LogP contribution in [0.5, 0.6) is 0 Å². The summed E-state index contributed by atoms with van der Waals surface area (Å²) in [4.78, 5) is 0. The fourth-order valence-corrected chi connectivity index (χ4v) is 7.78. The van der Waals surface area contributed by atoms with Crippen LogP contribution in [0.25, 0.3) is 65.6 Å². The van der Waals surface area contributed by atoms with Gasteiger partial charge in [0, 0.05) is 27.4 Å². The highest BCUT2D eigenvalue weighted by Gasteiger charge is 2.37.